The molecule has 2 aromatic rings. The van der Waals surface area contributed by atoms with E-state index in [-0.39, 0.29) is 11.1 Å². The number of halogens is 4. The van der Waals surface area contributed by atoms with Gasteiger partial charge >= 0.3 is 6.18 Å². The Morgan fingerprint density at radius 3 is 2.32 bits per heavy atom. The summed E-state index contributed by atoms with van der Waals surface area (Å²) in [5.41, 5.74) is 1.01. The van der Waals surface area contributed by atoms with E-state index in [2.05, 4.69) is 10.3 Å². The maximum absolute atomic E-state index is 12.9. The van der Waals surface area contributed by atoms with Crippen LogP contribution in [0.25, 0.3) is 0 Å². The molecule has 0 spiro atoms. The van der Waals surface area contributed by atoms with Gasteiger partial charge in [-0.05, 0) is 41.7 Å². The van der Waals surface area contributed by atoms with Crippen LogP contribution in [0.1, 0.15) is 48.0 Å². The Balaban J connectivity index is 2.32. The van der Waals surface area contributed by atoms with Gasteiger partial charge in [0.2, 0.25) is 0 Å². The first kappa shape index (κ1) is 19.2. The third kappa shape index (κ3) is 4.51. The summed E-state index contributed by atoms with van der Waals surface area (Å²) in [7, 11) is 0. The minimum atomic E-state index is -4.65. The Hall–Kier alpha value is -2.08. The third-order valence-corrected chi connectivity index (χ3v) is 4.00. The Bertz CT molecular complexity index is 811. The van der Waals surface area contributed by atoms with Gasteiger partial charge in [-0.1, -0.05) is 38.4 Å². The zero-order valence-corrected chi connectivity index (χ0v) is 15.0. The van der Waals surface area contributed by atoms with Crippen LogP contribution in [0.15, 0.2) is 30.5 Å². The summed E-state index contributed by atoms with van der Waals surface area (Å²) in [5.74, 6) is -0.731. The van der Waals surface area contributed by atoms with Crippen molar-refractivity contribution in [2.45, 2.75) is 39.3 Å². The van der Waals surface area contributed by atoms with E-state index in [0.717, 1.165) is 17.3 Å². The van der Waals surface area contributed by atoms with Crippen molar-refractivity contribution < 1.29 is 18.0 Å². The quantitative estimate of drug-likeness (QED) is 0.746. The number of carbonyl (C=O) groups excluding carboxylic acids is 1. The van der Waals surface area contributed by atoms with E-state index in [0.29, 0.717) is 11.8 Å². The SMILES string of the molecule is Cc1ccc(NC(=O)c2cc(C(F)(F)F)c(Cl)cn2)cc1C(C)(C)C. The lowest BCUT2D eigenvalue weighted by atomic mass is 9.84. The van der Waals surface area contributed by atoms with Crippen molar-refractivity contribution in [1.29, 1.82) is 0 Å². The van der Waals surface area contributed by atoms with E-state index < -0.39 is 22.7 Å². The fourth-order valence-corrected chi connectivity index (χ4v) is 2.69. The highest BCUT2D eigenvalue weighted by Crippen LogP contribution is 2.34. The molecule has 1 N–H and O–H groups in total. The lowest BCUT2D eigenvalue weighted by Gasteiger charge is -2.22. The van der Waals surface area contributed by atoms with Crippen molar-refractivity contribution in [2.75, 3.05) is 5.32 Å². The van der Waals surface area contributed by atoms with Gasteiger partial charge in [-0.3, -0.25) is 4.79 Å². The molecule has 1 heterocycles. The molecule has 1 aromatic heterocycles. The molecule has 0 aliphatic rings. The number of anilines is 1. The molecule has 7 heteroatoms. The number of carbonyl (C=O) groups is 1. The molecular weight excluding hydrogens is 353 g/mol. The van der Waals surface area contributed by atoms with Crippen LogP contribution >= 0.6 is 11.6 Å². The number of nitrogens with zero attached hydrogens (tertiary/aromatic N) is 1. The fourth-order valence-electron chi connectivity index (χ4n) is 2.48. The van der Waals surface area contributed by atoms with Gasteiger partial charge in [0.25, 0.3) is 5.91 Å². The maximum atomic E-state index is 12.9. The summed E-state index contributed by atoms with van der Waals surface area (Å²) in [6.07, 6.45) is -3.83. The highest BCUT2D eigenvalue weighted by Gasteiger charge is 2.34. The molecule has 0 aliphatic heterocycles. The van der Waals surface area contributed by atoms with Crippen molar-refractivity contribution in [3.63, 3.8) is 0 Å². The van der Waals surface area contributed by atoms with Crippen LogP contribution in [0, 0.1) is 6.92 Å². The zero-order chi connectivity index (χ0) is 19.0. The van der Waals surface area contributed by atoms with E-state index in [4.69, 9.17) is 11.6 Å². The van der Waals surface area contributed by atoms with Crippen LogP contribution in [0.5, 0.6) is 0 Å². The molecule has 2 rings (SSSR count). The molecule has 1 aromatic carbocycles. The van der Waals surface area contributed by atoms with Crippen molar-refractivity contribution in [1.82, 2.24) is 4.98 Å². The number of amides is 1. The summed E-state index contributed by atoms with van der Waals surface area (Å²) in [6.45, 7) is 8.08. The number of aromatic nitrogens is 1. The highest BCUT2D eigenvalue weighted by atomic mass is 35.5. The second kappa shape index (κ2) is 6.67. The number of benzene rings is 1. The minimum absolute atomic E-state index is 0.132. The summed E-state index contributed by atoms with van der Waals surface area (Å²) in [6, 6.07) is 6.01. The molecule has 0 saturated carbocycles. The molecule has 0 aliphatic carbocycles. The molecule has 0 fully saturated rings. The molecule has 0 bridgehead atoms. The van der Waals surface area contributed by atoms with Gasteiger partial charge in [-0.15, -0.1) is 0 Å². The average Bonchev–Trinajstić information content (AvgIpc) is 2.47. The van der Waals surface area contributed by atoms with Gasteiger partial charge in [-0.2, -0.15) is 13.2 Å². The minimum Gasteiger partial charge on any atom is -0.321 e. The molecule has 0 unspecified atom stereocenters. The molecule has 0 saturated heterocycles. The summed E-state index contributed by atoms with van der Waals surface area (Å²) in [5, 5.41) is 2.04. The van der Waals surface area contributed by atoms with Crippen molar-refractivity contribution in [2.24, 2.45) is 0 Å². The summed E-state index contributed by atoms with van der Waals surface area (Å²) < 4.78 is 38.7. The molecule has 0 radical (unpaired) electrons. The largest absolute Gasteiger partial charge is 0.417 e. The first-order chi connectivity index (χ1) is 11.4. The molecule has 25 heavy (non-hydrogen) atoms. The van der Waals surface area contributed by atoms with Crippen LogP contribution < -0.4 is 5.32 Å². The lowest BCUT2D eigenvalue weighted by Crippen LogP contribution is -2.18. The van der Waals surface area contributed by atoms with Gasteiger partial charge in [0, 0.05) is 11.9 Å². The van der Waals surface area contributed by atoms with Gasteiger partial charge in [0.05, 0.1) is 10.6 Å². The van der Waals surface area contributed by atoms with Crippen LogP contribution in [0.4, 0.5) is 18.9 Å². The van der Waals surface area contributed by atoms with Crippen LogP contribution in [0.2, 0.25) is 5.02 Å². The number of pyridine rings is 1. The second-order valence-corrected chi connectivity index (χ2v) is 7.19. The van der Waals surface area contributed by atoms with Gasteiger partial charge in [-0.25, -0.2) is 4.98 Å². The number of rotatable bonds is 2. The fraction of sp³-hybridized carbons (Fsp3) is 0.333. The Morgan fingerprint density at radius 2 is 1.76 bits per heavy atom. The lowest BCUT2D eigenvalue weighted by molar-refractivity contribution is -0.137. The van der Waals surface area contributed by atoms with Crippen LogP contribution in [-0.4, -0.2) is 10.9 Å². The van der Waals surface area contributed by atoms with Crippen molar-refractivity contribution in [3.8, 4) is 0 Å². The van der Waals surface area contributed by atoms with E-state index in [1.807, 2.05) is 39.8 Å². The normalized spacial score (nSPS) is 12.2. The van der Waals surface area contributed by atoms with E-state index >= 15 is 0 Å². The number of nitrogens with one attached hydrogen (secondary N) is 1. The molecule has 1 amide bonds. The number of hydrogen-bond acceptors (Lipinski definition) is 2. The van der Waals surface area contributed by atoms with Gasteiger partial charge in [0.15, 0.2) is 0 Å². The predicted octanol–water partition coefficient (Wildman–Crippen LogP) is 5.61. The first-order valence-electron chi connectivity index (χ1n) is 7.55. The topological polar surface area (TPSA) is 42.0 Å². The third-order valence-electron chi connectivity index (χ3n) is 3.70. The predicted molar refractivity (Wildman–Crippen MR) is 92.1 cm³/mol. The highest BCUT2D eigenvalue weighted by molar-refractivity contribution is 6.31. The standard InChI is InChI=1S/C18H18ClF3N2O/c1-10-5-6-11(7-12(10)17(2,3)4)24-16(25)15-8-13(18(20,21)22)14(19)9-23-15/h5-9H,1-4H3,(H,24,25). The van der Waals surface area contributed by atoms with E-state index in [9.17, 15) is 18.0 Å². The van der Waals surface area contributed by atoms with Gasteiger partial charge in [0.1, 0.15) is 5.69 Å². The van der Waals surface area contributed by atoms with Crippen LogP contribution in [-0.2, 0) is 11.6 Å². The Morgan fingerprint density at radius 1 is 1.12 bits per heavy atom. The van der Waals surface area contributed by atoms with E-state index in [1.165, 1.54) is 0 Å². The number of aryl methyl sites for hydroxylation is 1. The molecule has 3 nitrogen and oxygen atoms in total. The number of alkyl halides is 3. The number of hydrogen-bond donors (Lipinski definition) is 1. The monoisotopic (exact) mass is 370 g/mol. The average molecular weight is 371 g/mol. The second-order valence-electron chi connectivity index (χ2n) is 6.78. The van der Waals surface area contributed by atoms with Crippen LogP contribution in [0.3, 0.4) is 0 Å². The van der Waals surface area contributed by atoms with E-state index in [1.54, 1.807) is 6.07 Å². The molecule has 0 atom stereocenters. The van der Waals surface area contributed by atoms with Crippen molar-refractivity contribution in [3.05, 3.63) is 57.9 Å². The zero-order valence-electron chi connectivity index (χ0n) is 14.3. The Labute approximate surface area is 149 Å². The smallest absolute Gasteiger partial charge is 0.321 e. The van der Waals surface area contributed by atoms with Gasteiger partial charge < -0.3 is 5.32 Å². The molecule has 134 valence electrons. The first-order valence-corrected chi connectivity index (χ1v) is 7.92. The maximum Gasteiger partial charge on any atom is 0.417 e. The molecular formula is C18H18ClF3N2O. The Kier molecular flexibility index (Phi) is 5.14. The summed E-state index contributed by atoms with van der Waals surface area (Å²) in [4.78, 5) is 16.0. The summed E-state index contributed by atoms with van der Waals surface area (Å²) >= 11 is 5.52. The van der Waals surface area contributed by atoms with Crippen molar-refractivity contribution >= 4 is 23.2 Å².